The van der Waals surface area contributed by atoms with Crippen molar-refractivity contribution in [3.63, 3.8) is 0 Å². The van der Waals surface area contributed by atoms with Gasteiger partial charge >= 0.3 is 6.16 Å². The van der Waals surface area contributed by atoms with Crippen LogP contribution >= 0.6 is 0 Å². The van der Waals surface area contributed by atoms with E-state index in [-0.39, 0.29) is 59.6 Å². The average molecular weight is 544 g/mol. The van der Waals surface area contributed by atoms with E-state index in [2.05, 4.69) is 10.6 Å². The minimum absolute atomic E-state index is 0.135. The van der Waals surface area contributed by atoms with E-state index in [9.17, 15) is 24.0 Å². The van der Waals surface area contributed by atoms with Gasteiger partial charge in [-0.25, -0.2) is 4.79 Å². The van der Waals surface area contributed by atoms with Crippen molar-refractivity contribution in [3.05, 3.63) is 94.5 Å². The van der Waals surface area contributed by atoms with E-state index in [0.717, 1.165) is 5.56 Å². The van der Waals surface area contributed by atoms with Gasteiger partial charge in [0.05, 0.1) is 17.7 Å². The number of carbonyl (C=O) groups is 5. The van der Waals surface area contributed by atoms with E-state index < -0.39 is 6.16 Å². The number of amides is 4. The largest absolute Gasteiger partial charge is 0.513 e. The Kier molecular flexibility index (Phi) is 8.58. The van der Waals surface area contributed by atoms with Crippen molar-refractivity contribution in [1.29, 1.82) is 0 Å². The van der Waals surface area contributed by atoms with Gasteiger partial charge in [-0.3, -0.25) is 24.1 Å². The number of imide groups is 1. The SMILES string of the molecule is CCOC(=O)Oc1ccc(C(=O)Nc2ccc(CNC(=O)c3ccc4c(c3)C(=O)N(CC(C)C)C4=O)cc2)cc1. The van der Waals surface area contributed by atoms with Gasteiger partial charge in [-0.15, -0.1) is 0 Å². The van der Waals surface area contributed by atoms with Crippen LogP contribution in [0.2, 0.25) is 0 Å². The van der Waals surface area contributed by atoms with Crippen molar-refractivity contribution in [2.75, 3.05) is 18.5 Å². The minimum Gasteiger partial charge on any atom is -0.434 e. The Morgan fingerprint density at radius 2 is 1.48 bits per heavy atom. The normalized spacial score (nSPS) is 12.2. The molecule has 206 valence electrons. The number of nitrogens with one attached hydrogen (secondary N) is 2. The third-order valence-corrected chi connectivity index (χ3v) is 6.03. The average Bonchev–Trinajstić information content (AvgIpc) is 3.16. The van der Waals surface area contributed by atoms with Crippen LogP contribution < -0.4 is 15.4 Å². The molecule has 3 aromatic carbocycles. The summed E-state index contributed by atoms with van der Waals surface area (Å²) in [4.78, 5) is 63.1. The van der Waals surface area contributed by atoms with Gasteiger partial charge in [-0.1, -0.05) is 26.0 Å². The van der Waals surface area contributed by atoms with Crippen LogP contribution in [0.1, 0.15) is 67.8 Å². The maximum Gasteiger partial charge on any atom is 0.513 e. The molecule has 0 aromatic heterocycles. The lowest BCUT2D eigenvalue weighted by atomic mass is 10.1. The number of ether oxygens (including phenoxy) is 2. The first-order valence-corrected chi connectivity index (χ1v) is 12.8. The molecule has 0 saturated carbocycles. The number of rotatable bonds is 9. The lowest BCUT2D eigenvalue weighted by Crippen LogP contribution is -2.33. The summed E-state index contributed by atoms with van der Waals surface area (Å²) in [5.41, 5.74) is 2.55. The van der Waals surface area contributed by atoms with Crippen LogP contribution in [0, 0.1) is 5.92 Å². The van der Waals surface area contributed by atoms with Crippen LogP contribution in [0.5, 0.6) is 5.75 Å². The van der Waals surface area contributed by atoms with E-state index >= 15 is 0 Å². The van der Waals surface area contributed by atoms with E-state index in [0.29, 0.717) is 23.4 Å². The van der Waals surface area contributed by atoms with E-state index in [1.54, 1.807) is 31.2 Å². The molecule has 0 saturated heterocycles. The molecular formula is C30H29N3O7. The molecule has 0 radical (unpaired) electrons. The molecule has 10 heteroatoms. The van der Waals surface area contributed by atoms with Crippen LogP contribution in [0.3, 0.4) is 0 Å². The number of benzene rings is 3. The number of hydrogen-bond acceptors (Lipinski definition) is 7. The van der Waals surface area contributed by atoms with Crippen molar-refractivity contribution in [3.8, 4) is 5.75 Å². The van der Waals surface area contributed by atoms with Gasteiger partial charge in [-0.05, 0) is 73.0 Å². The van der Waals surface area contributed by atoms with Gasteiger partial charge in [0.25, 0.3) is 23.6 Å². The van der Waals surface area contributed by atoms with E-state index in [1.807, 2.05) is 13.8 Å². The number of hydrogen-bond donors (Lipinski definition) is 2. The third kappa shape index (κ3) is 6.52. The highest BCUT2D eigenvalue weighted by molar-refractivity contribution is 6.22. The molecule has 0 fully saturated rings. The van der Waals surface area contributed by atoms with Gasteiger partial charge in [0, 0.05) is 29.9 Å². The molecule has 1 aliphatic rings. The predicted molar refractivity (Wildman–Crippen MR) is 146 cm³/mol. The van der Waals surface area contributed by atoms with Crippen molar-refractivity contribution >= 4 is 35.5 Å². The first kappa shape index (κ1) is 28.0. The predicted octanol–water partition coefficient (Wildman–Crippen LogP) is 4.66. The number of anilines is 1. The van der Waals surface area contributed by atoms with E-state index in [4.69, 9.17) is 9.47 Å². The van der Waals surface area contributed by atoms with Crippen molar-refractivity contribution < 1.29 is 33.4 Å². The minimum atomic E-state index is -0.816. The topological polar surface area (TPSA) is 131 Å². The fourth-order valence-electron chi connectivity index (χ4n) is 4.07. The van der Waals surface area contributed by atoms with Gasteiger partial charge < -0.3 is 20.1 Å². The number of nitrogens with zero attached hydrogens (tertiary/aromatic N) is 1. The summed E-state index contributed by atoms with van der Waals surface area (Å²) < 4.78 is 9.69. The molecular weight excluding hydrogens is 514 g/mol. The monoisotopic (exact) mass is 543 g/mol. The highest BCUT2D eigenvalue weighted by atomic mass is 16.7. The highest BCUT2D eigenvalue weighted by Crippen LogP contribution is 2.25. The summed E-state index contributed by atoms with van der Waals surface area (Å²) in [5.74, 6) is -1.06. The maximum absolute atomic E-state index is 12.7. The van der Waals surface area contributed by atoms with Crippen molar-refractivity contribution in [2.45, 2.75) is 27.3 Å². The number of fused-ring (bicyclic) bond motifs is 1. The quantitative estimate of drug-likeness (QED) is 0.228. The molecule has 10 nitrogen and oxygen atoms in total. The van der Waals surface area contributed by atoms with Crippen LogP contribution in [-0.2, 0) is 11.3 Å². The van der Waals surface area contributed by atoms with Crippen LogP contribution in [-0.4, -0.2) is 47.8 Å². The zero-order valence-electron chi connectivity index (χ0n) is 22.4. The van der Waals surface area contributed by atoms with Gasteiger partial charge in [0.15, 0.2) is 0 Å². The molecule has 1 heterocycles. The second-order valence-electron chi connectivity index (χ2n) is 9.52. The van der Waals surface area contributed by atoms with Crippen molar-refractivity contribution in [2.24, 2.45) is 5.92 Å². The molecule has 0 aliphatic carbocycles. The zero-order valence-corrected chi connectivity index (χ0v) is 22.4. The highest BCUT2D eigenvalue weighted by Gasteiger charge is 2.36. The molecule has 0 unspecified atom stereocenters. The van der Waals surface area contributed by atoms with Gasteiger partial charge in [-0.2, -0.15) is 0 Å². The Labute approximate surface area is 231 Å². The molecule has 0 spiro atoms. The zero-order chi connectivity index (χ0) is 28.8. The lowest BCUT2D eigenvalue weighted by molar-refractivity contribution is 0.0635. The van der Waals surface area contributed by atoms with Crippen molar-refractivity contribution in [1.82, 2.24) is 10.2 Å². The van der Waals surface area contributed by atoms with Gasteiger partial charge in [0.2, 0.25) is 0 Å². The van der Waals surface area contributed by atoms with Gasteiger partial charge in [0.1, 0.15) is 5.75 Å². The second kappa shape index (κ2) is 12.2. The second-order valence-corrected chi connectivity index (χ2v) is 9.52. The first-order valence-electron chi connectivity index (χ1n) is 12.8. The summed E-state index contributed by atoms with van der Waals surface area (Å²) in [7, 11) is 0. The fourth-order valence-corrected chi connectivity index (χ4v) is 4.07. The molecule has 1 aliphatic heterocycles. The van der Waals surface area contributed by atoms with Crippen LogP contribution in [0.15, 0.2) is 66.7 Å². The maximum atomic E-state index is 12.7. The third-order valence-electron chi connectivity index (χ3n) is 6.03. The Morgan fingerprint density at radius 3 is 2.12 bits per heavy atom. The van der Waals surface area contributed by atoms with E-state index in [1.165, 1.54) is 47.4 Å². The standard InChI is InChI=1S/C30H29N3O7/c1-4-39-30(38)40-23-12-7-20(8-13-23)27(35)32-22-10-5-19(6-11-22)16-31-26(34)21-9-14-24-25(15-21)29(37)33(28(24)36)17-18(2)3/h5-15,18H,4,16-17H2,1-3H3,(H,31,34)(H,32,35). The Bertz CT molecular complexity index is 1450. The molecule has 0 atom stereocenters. The smallest absolute Gasteiger partial charge is 0.434 e. The lowest BCUT2D eigenvalue weighted by Gasteiger charge is -2.15. The fraction of sp³-hybridized carbons (Fsp3) is 0.233. The molecule has 4 amide bonds. The number of carbonyl (C=O) groups excluding carboxylic acids is 5. The Hall–Kier alpha value is -4.99. The molecule has 40 heavy (non-hydrogen) atoms. The molecule has 4 rings (SSSR count). The summed E-state index contributed by atoms with van der Waals surface area (Å²) in [6, 6.07) is 17.5. The first-order chi connectivity index (χ1) is 19.2. The molecule has 0 bridgehead atoms. The summed E-state index contributed by atoms with van der Waals surface area (Å²) in [5, 5.41) is 5.59. The summed E-state index contributed by atoms with van der Waals surface area (Å²) >= 11 is 0. The Morgan fingerprint density at radius 1 is 0.825 bits per heavy atom. The summed E-state index contributed by atoms with van der Waals surface area (Å²) in [6.45, 7) is 6.26. The van der Waals surface area contributed by atoms with Crippen LogP contribution in [0.25, 0.3) is 0 Å². The molecule has 3 aromatic rings. The Balaban J connectivity index is 1.31. The molecule has 2 N–H and O–H groups in total. The van der Waals surface area contributed by atoms with Crippen LogP contribution in [0.4, 0.5) is 10.5 Å². The summed E-state index contributed by atoms with van der Waals surface area (Å²) in [6.07, 6.45) is -0.816.